The molecule has 1 fully saturated rings. The van der Waals surface area contributed by atoms with Crippen LogP contribution in [0.3, 0.4) is 0 Å². The van der Waals surface area contributed by atoms with E-state index in [0.717, 1.165) is 18.6 Å². The van der Waals surface area contributed by atoms with Gasteiger partial charge in [-0.3, -0.25) is 0 Å². The highest BCUT2D eigenvalue weighted by molar-refractivity contribution is 5.20. The summed E-state index contributed by atoms with van der Waals surface area (Å²) in [6.07, 6.45) is 1.63. The van der Waals surface area contributed by atoms with Crippen LogP contribution < -0.4 is 4.74 Å². The molecule has 1 aliphatic carbocycles. The Bertz CT molecular complexity index is 365. The molecular formula is C15H22O3. The molecule has 3 atom stereocenters. The van der Waals surface area contributed by atoms with Crippen LogP contribution in [-0.2, 0) is 4.74 Å². The molecular weight excluding hydrogens is 228 g/mol. The van der Waals surface area contributed by atoms with E-state index in [-0.39, 0.29) is 17.6 Å². The molecule has 1 aliphatic rings. The van der Waals surface area contributed by atoms with Crippen LogP contribution in [0.25, 0.3) is 0 Å². The minimum Gasteiger partial charge on any atom is -0.491 e. The first kappa shape index (κ1) is 13.4. The van der Waals surface area contributed by atoms with Crippen molar-refractivity contribution in [2.24, 2.45) is 5.41 Å². The van der Waals surface area contributed by atoms with Crippen LogP contribution >= 0.6 is 0 Å². The number of para-hydroxylation sites is 1. The van der Waals surface area contributed by atoms with Crippen LogP contribution in [0.5, 0.6) is 5.75 Å². The van der Waals surface area contributed by atoms with E-state index in [1.54, 1.807) is 0 Å². The second-order valence-electron chi connectivity index (χ2n) is 5.13. The van der Waals surface area contributed by atoms with Crippen molar-refractivity contribution in [1.82, 2.24) is 0 Å². The van der Waals surface area contributed by atoms with Gasteiger partial charge in [0.05, 0.1) is 18.8 Å². The zero-order valence-corrected chi connectivity index (χ0v) is 11.1. The highest BCUT2D eigenvalue weighted by atomic mass is 16.5. The largest absolute Gasteiger partial charge is 0.491 e. The van der Waals surface area contributed by atoms with Crippen LogP contribution in [0.4, 0.5) is 0 Å². The third-order valence-corrected chi connectivity index (χ3v) is 4.11. The second-order valence-corrected chi connectivity index (χ2v) is 5.13. The molecule has 1 N–H and O–H groups in total. The van der Waals surface area contributed by atoms with Crippen LogP contribution in [0.15, 0.2) is 30.3 Å². The Morgan fingerprint density at radius 3 is 2.61 bits per heavy atom. The van der Waals surface area contributed by atoms with Crippen LogP contribution in [-0.4, -0.2) is 30.5 Å². The fourth-order valence-corrected chi connectivity index (χ4v) is 2.38. The lowest BCUT2D eigenvalue weighted by atomic mass is 9.63. The summed E-state index contributed by atoms with van der Waals surface area (Å²) in [7, 11) is 0. The van der Waals surface area contributed by atoms with Crippen molar-refractivity contribution in [2.75, 3.05) is 13.2 Å². The first-order chi connectivity index (χ1) is 8.66. The molecule has 0 saturated heterocycles. The van der Waals surface area contributed by atoms with Gasteiger partial charge >= 0.3 is 0 Å². The topological polar surface area (TPSA) is 38.7 Å². The van der Waals surface area contributed by atoms with E-state index in [9.17, 15) is 5.11 Å². The molecule has 1 aromatic carbocycles. The summed E-state index contributed by atoms with van der Waals surface area (Å²) < 4.78 is 11.4. The molecule has 0 aliphatic heterocycles. The minimum atomic E-state index is -0.220. The molecule has 2 rings (SSSR count). The lowest BCUT2D eigenvalue weighted by molar-refractivity contribution is -0.187. The number of benzene rings is 1. The number of hydrogen-bond acceptors (Lipinski definition) is 3. The average Bonchev–Trinajstić information content (AvgIpc) is 2.42. The van der Waals surface area contributed by atoms with E-state index in [1.807, 2.05) is 30.3 Å². The van der Waals surface area contributed by atoms with E-state index in [1.165, 1.54) is 0 Å². The van der Waals surface area contributed by atoms with Gasteiger partial charge in [-0.1, -0.05) is 32.0 Å². The van der Waals surface area contributed by atoms with Gasteiger partial charge in [-0.05, 0) is 18.6 Å². The Kier molecular flexibility index (Phi) is 4.25. The predicted octanol–water partition coefficient (Wildman–Crippen LogP) is 2.63. The maximum absolute atomic E-state index is 9.76. The standard InChI is InChI=1S/C15H22O3/c1-3-15(2)13(16)11-14(15)18-10-9-17-12-7-5-4-6-8-12/h4-8,13-14,16H,3,9-11H2,1-2H3. The monoisotopic (exact) mass is 250 g/mol. The van der Waals surface area contributed by atoms with Gasteiger partial charge in [0.15, 0.2) is 0 Å². The Hall–Kier alpha value is -1.06. The molecule has 3 heteroatoms. The molecule has 0 heterocycles. The Labute approximate surface area is 109 Å². The summed E-state index contributed by atoms with van der Waals surface area (Å²) in [4.78, 5) is 0. The van der Waals surface area contributed by atoms with E-state index >= 15 is 0 Å². The first-order valence-electron chi connectivity index (χ1n) is 6.64. The van der Waals surface area contributed by atoms with E-state index in [0.29, 0.717) is 13.2 Å². The minimum absolute atomic E-state index is 0.0766. The van der Waals surface area contributed by atoms with Crippen molar-refractivity contribution in [1.29, 1.82) is 0 Å². The summed E-state index contributed by atoms with van der Waals surface area (Å²) in [6, 6.07) is 9.73. The lowest BCUT2D eigenvalue weighted by Crippen LogP contribution is -2.56. The third kappa shape index (κ3) is 2.68. The number of aliphatic hydroxyl groups excluding tert-OH is 1. The van der Waals surface area contributed by atoms with Crippen molar-refractivity contribution in [3.8, 4) is 5.75 Å². The smallest absolute Gasteiger partial charge is 0.119 e. The highest BCUT2D eigenvalue weighted by Crippen LogP contribution is 2.45. The molecule has 1 saturated carbocycles. The quantitative estimate of drug-likeness (QED) is 0.789. The Morgan fingerprint density at radius 1 is 1.28 bits per heavy atom. The lowest BCUT2D eigenvalue weighted by Gasteiger charge is -2.50. The zero-order chi connectivity index (χ0) is 13.0. The molecule has 0 radical (unpaired) electrons. The second kappa shape index (κ2) is 5.72. The van der Waals surface area contributed by atoms with Crippen LogP contribution in [0, 0.1) is 5.41 Å². The molecule has 3 unspecified atom stereocenters. The summed E-state index contributed by atoms with van der Waals surface area (Å²) in [5, 5.41) is 9.76. The van der Waals surface area contributed by atoms with Gasteiger partial charge < -0.3 is 14.6 Å². The molecule has 100 valence electrons. The summed E-state index contributed by atoms with van der Waals surface area (Å²) in [5.41, 5.74) is -0.0766. The molecule has 1 aromatic rings. The molecule has 0 amide bonds. The zero-order valence-electron chi connectivity index (χ0n) is 11.1. The normalized spacial score (nSPS) is 30.8. The maximum atomic E-state index is 9.76. The highest BCUT2D eigenvalue weighted by Gasteiger charge is 2.50. The fourth-order valence-electron chi connectivity index (χ4n) is 2.38. The van der Waals surface area contributed by atoms with E-state index in [2.05, 4.69) is 13.8 Å². The average molecular weight is 250 g/mol. The first-order valence-corrected chi connectivity index (χ1v) is 6.64. The molecule has 0 bridgehead atoms. The van der Waals surface area contributed by atoms with Gasteiger partial charge in [0.25, 0.3) is 0 Å². The SMILES string of the molecule is CCC1(C)C(O)CC1OCCOc1ccccc1. The number of rotatable bonds is 6. The number of aliphatic hydroxyl groups is 1. The summed E-state index contributed by atoms with van der Waals surface area (Å²) in [5.74, 6) is 0.869. The van der Waals surface area contributed by atoms with E-state index < -0.39 is 0 Å². The van der Waals surface area contributed by atoms with Gasteiger partial charge in [0, 0.05) is 11.8 Å². The molecule has 3 nitrogen and oxygen atoms in total. The van der Waals surface area contributed by atoms with Gasteiger partial charge in [0.1, 0.15) is 12.4 Å². The number of hydrogen-bond donors (Lipinski definition) is 1. The van der Waals surface area contributed by atoms with Crippen molar-refractivity contribution < 1.29 is 14.6 Å². The fraction of sp³-hybridized carbons (Fsp3) is 0.600. The molecule has 0 spiro atoms. The molecule has 18 heavy (non-hydrogen) atoms. The predicted molar refractivity (Wildman–Crippen MR) is 70.7 cm³/mol. The van der Waals surface area contributed by atoms with Gasteiger partial charge in [-0.2, -0.15) is 0 Å². The van der Waals surface area contributed by atoms with Crippen molar-refractivity contribution in [3.05, 3.63) is 30.3 Å². The Balaban J connectivity index is 1.68. The van der Waals surface area contributed by atoms with Crippen molar-refractivity contribution in [2.45, 2.75) is 38.9 Å². The van der Waals surface area contributed by atoms with Crippen LogP contribution in [0.2, 0.25) is 0 Å². The van der Waals surface area contributed by atoms with Crippen molar-refractivity contribution >= 4 is 0 Å². The molecule has 0 aromatic heterocycles. The third-order valence-electron chi connectivity index (χ3n) is 4.11. The van der Waals surface area contributed by atoms with Crippen molar-refractivity contribution in [3.63, 3.8) is 0 Å². The van der Waals surface area contributed by atoms with E-state index in [4.69, 9.17) is 9.47 Å². The number of ether oxygens (including phenoxy) is 2. The van der Waals surface area contributed by atoms with Gasteiger partial charge in [-0.25, -0.2) is 0 Å². The summed E-state index contributed by atoms with van der Waals surface area (Å²) >= 11 is 0. The summed E-state index contributed by atoms with van der Waals surface area (Å²) in [6.45, 7) is 5.31. The van der Waals surface area contributed by atoms with Gasteiger partial charge in [0.2, 0.25) is 0 Å². The van der Waals surface area contributed by atoms with Gasteiger partial charge in [-0.15, -0.1) is 0 Å². The Morgan fingerprint density at radius 2 is 2.00 bits per heavy atom. The maximum Gasteiger partial charge on any atom is 0.119 e. The van der Waals surface area contributed by atoms with Crippen LogP contribution in [0.1, 0.15) is 26.7 Å².